The van der Waals surface area contributed by atoms with Crippen molar-refractivity contribution in [3.05, 3.63) is 0 Å². The van der Waals surface area contributed by atoms with Gasteiger partial charge in [-0.3, -0.25) is 9.59 Å². The van der Waals surface area contributed by atoms with E-state index < -0.39 is 11.4 Å². The number of carbonyl (C=O) groups is 2. The van der Waals surface area contributed by atoms with E-state index in [4.69, 9.17) is 5.11 Å². The van der Waals surface area contributed by atoms with Gasteiger partial charge in [0.1, 0.15) is 0 Å². The van der Waals surface area contributed by atoms with Crippen molar-refractivity contribution in [2.75, 3.05) is 6.54 Å². The maximum atomic E-state index is 11.3. The third kappa shape index (κ3) is 6.43. The van der Waals surface area contributed by atoms with Gasteiger partial charge in [-0.05, 0) is 32.6 Å². The number of aliphatic carboxylic acids is 1. The lowest BCUT2D eigenvalue weighted by Crippen LogP contribution is -2.31. The maximum absolute atomic E-state index is 11.3. The van der Waals surface area contributed by atoms with E-state index in [1.807, 2.05) is 0 Å². The highest BCUT2D eigenvalue weighted by atomic mass is 16.4. The van der Waals surface area contributed by atoms with Crippen molar-refractivity contribution in [1.82, 2.24) is 5.32 Å². The fourth-order valence-corrected chi connectivity index (χ4v) is 1.13. The summed E-state index contributed by atoms with van der Waals surface area (Å²) >= 11 is 0. The first-order valence-electron chi connectivity index (χ1n) is 5.76. The van der Waals surface area contributed by atoms with Crippen molar-refractivity contribution in [2.24, 2.45) is 11.3 Å². The summed E-state index contributed by atoms with van der Waals surface area (Å²) < 4.78 is 0. The molecule has 0 aliphatic carbocycles. The molecule has 4 nitrogen and oxygen atoms in total. The molecule has 0 saturated heterocycles. The van der Waals surface area contributed by atoms with Crippen LogP contribution in [-0.4, -0.2) is 23.5 Å². The van der Waals surface area contributed by atoms with E-state index in [-0.39, 0.29) is 5.91 Å². The van der Waals surface area contributed by atoms with Crippen LogP contribution in [-0.2, 0) is 9.59 Å². The minimum absolute atomic E-state index is 0.00916. The highest BCUT2D eigenvalue weighted by molar-refractivity contribution is 5.76. The number of carbonyl (C=O) groups excluding carboxylic acids is 1. The van der Waals surface area contributed by atoms with Crippen LogP contribution in [0.15, 0.2) is 0 Å². The van der Waals surface area contributed by atoms with Gasteiger partial charge >= 0.3 is 5.97 Å². The van der Waals surface area contributed by atoms with Crippen LogP contribution < -0.4 is 5.32 Å². The zero-order valence-corrected chi connectivity index (χ0v) is 10.7. The molecule has 4 heteroatoms. The molecule has 0 bridgehead atoms. The normalized spacial score (nSPS) is 11.6. The Balaban J connectivity index is 3.74. The molecular formula is C12H23NO3. The molecule has 0 unspecified atom stereocenters. The molecule has 0 rings (SSSR count). The van der Waals surface area contributed by atoms with Crippen LogP contribution in [0.25, 0.3) is 0 Å². The van der Waals surface area contributed by atoms with Crippen LogP contribution in [0.1, 0.15) is 47.0 Å². The second-order valence-electron chi connectivity index (χ2n) is 5.22. The number of rotatable bonds is 7. The quantitative estimate of drug-likeness (QED) is 0.702. The van der Waals surface area contributed by atoms with E-state index in [1.54, 1.807) is 13.8 Å². The van der Waals surface area contributed by atoms with E-state index in [2.05, 4.69) is 19.2 Å². The molecule has 0 aliphatic heterocycles. The minimum atomic E-state index is -0.830. The standard InChI is InChI=1S/C12H23NO3/c1-9(2)5-6-10(14)13-8-7-12(3,4)11(15)16/h9H,5-8H2,1-4H3,(H,13,14)(H,15,16). The molecule has 94 valence electrons. The van der Waals surface area contributed by atoms with Gasteiger partial charge in [-0.25, -0.2) is 0 Å². The Morgan fingerprint density at radius 1 is 1.31 bits per heavy atom. The van der Waals surface area contributed by atoms with E-state index in [1.165, 1.54) is 0 Å². The van der Waals surface area contributed by atoms with Crippen LogP contribution >= 0.6 is 0 Å². The second-order valence-corrected chi connectivity index (χ2v) is 5.22. The number of hydrogen-bond donors (Lipinski definition) is 2. The van der Waals surface area contributed by atoms with Crippen molar-refractivity contribution < 1.29 is 14.7 Å². The summed E-state index contributed by atoms with van der Waals surface area (Å²) in [6.07, 6.45) is 1.84. The van der Waals surface area contributed by atoms with Gasteiger partial charge in [0.2, 0.25) is 5.91 Å². The van der Waals surface area contributed by atoms with Gasteiger partial charge in [0, 0.05) is 13.0 Å². The summed E-state index contributed by atoms with van der Waals surface area (Å²) in [4.78, 5) is 22.1. The van der Waals surface area contributed by atoms with Gasteiger partial charge in [0.25, 0.3) is 0 Å². The maximum Gasteiger partial charge on any atom is 0.309 e. The number of hydrogen-bond acceptors (Lipinski definition) is 2. The Bertz CT molecular complexity index is 247. The molecule has 0 heterocycles. The van der Waals surface area contributed by atoms with Crippen LogP contribution in [0, 0.1) is 11.3 Å². The first kappa shape index (κ1) is 14.9. The Morgan fingerprint density at radius 3 is 2.31 bits per heavy atom. The zero-order valence-electron chi connectivity index (χ0n) is 10.7. The fourth-order valence-electron chi connectivity index (χ4n) is 1.13. The van der Waals surface area contributed by atoms with Crippen LogP contribution in [0.2, 0.25) is 0 Å². The summed E-state index contributed by atoms with van der Waals surface area (Å²) in [5, 5.41) is 11.6. The Labute approximate surface area is 97.4 Å². The van der Waals surface area contributed by atoms with Crippen LogP contribution in [0.5, 0.6) is 0 Å². The average molecular weight is 229 g/mol. The molecular weight excluding hydrogens is 206 g/mol. The summed E-state index contributed by atoms with van der Waals surface area (Å²) in [6.45, 7) is 7.89. The van der Waals surface area contributed by atoms with Gasteiger partial charge in [-0.1, -0.05) is 13.8 Å². The van der Waals surface area contributed by atoms with Crippen molar-refractivity contribution in [2.45, 2.75) is 47.0 Å². The molecule has 0 atom stereocenters. The van der Waals surface area contributed by atoms with Crippen molar-refractivity contribution in [3.63, 3.8) is 0 Å². The van der Waals surface area contributed by atoms with Crippen LogP contribution in [0.3, 0.4) is 0 Å². The molecule has 1 amide bonds. The van der Waals surface area contributed by atoms with Crippen LogP contribution in [0.4, 0.5) is 0 Å². The lowest BCUT2D eigenvalue weighted by atomic mass is 9.90. The van der Waals surface area contributed by atoms with Gasteiger partial charge < -0.3 is 10.4 Å². The van der Waals surface area contributed by atoms with Crippen molar-refractivity contribution in [1.29, 1.82) is 0 Å². The summed E-state index contributed by atoms with van der Waals surface area (Å²) in [6, 6.07) is 0. The number of nitrogens with one attached hydrogen (secondary N) is 1. The monoisotopic (exact) mass is 229 g/mol. The van der Waals surface area contributed by atoms with Gasteiger partial charge in [-0.15, -0.1) is 0 Å². The molecule has 16 heavy (non-hydrogen) atoms. The topological polar surface area (TPSA) is 66.4 Å². The SMILES string of the molecule is CC(C)CCC(=O)NCCC(C)(C)C(=O)O. The first-order chi connectivity index (χ1) is 7.25. The molecule has 0 saturated carbocycles. The molecule has 0 aromatic carbocycles. The zero-order chi connectivity index (χ0) is 12.8. The second kappa shape index (κ2) is 6.51. The van der Waals surface area contributed by atoms with E-state index >= 15 is 0 Å². The van der Waals surface area contributed by atoms with Gasteiger partial charge in [-0.2, -0.15) is 0 Å². The number of carboxylic acids is 1. The fraction of sp³-hybridized carbons (Fsp3) is 0.833. The molecule has 0 aromatic heterocycles. The molecule has 2 N–H and O–H groups in total. The largest absolute Gasteiger partial charge is 0.481 e. The predicted octanol–water partition coefficient (Wildman–Crippen LogP) is 2.04. The van der Waals surface area contributed by atoms with Crippen molar-refractivity contribution in [3.8, 4) is 0 Å². The van der Waals surface area contributed by atoms with Gasteiger partial charge in [0.15, 0.2) is 0 Å². The first-order valence-corrected chi connectivity index (χ1v) is 5.76. The highest BCUT2D eigenvalue weighted by Gasteiger charge is 2.26. The Kier molecular flexibility index (Phi) is 6.08. The number of amides is 1. The van der Waals surface area contributed by atoms with E-state index in [0.717, 1.165) is 6.42 Å². The Hall–Kier alpha value is -1.06. The predicted molar refractivity (Wildman–Crippen MR) is 63.1 cm³/mol. The average Bonchev–Trinajstić information content (AvgIpc) is 2.14. The molecule has 0 aliphatic rings. The molecule has 0 aromatic rings. The molecule has 0 fully saturated rings. The third-order valence-electron chi connectivity index (χ3n) is 2.60. The van der Waals surface area contributed by atoms with Gasteiger partial charge in [0.05, 0.1) is 5.41 Å². The smallest absolute Gasteiger partial charge is 0.309 e. The van der Waals surface area contributed by atoms with Crippen molar-refractivity contribution >= 4 is 11.9 Å². The lowest BCUT2D eigenvalue weighted by molar-refractivity contribution is -0.147. The molecule has 0 radical (unpaired) electrons. The summed E-state index contributed by atoms with van der Waals surface area (Å²) in [5.74, 6) is -0.306. The lowest BCUT2D eigenvalue weighted by Gasteiger charge is -2.18. The summed E-state index contributed by atoms with van der Waals surface area (Å²) in [5.41, 5.74) is -0.772. The highest BCUT2D eigenvalue weighted by Crippen LogP contribution is 2.19. The summed E-state index contributed by atoms with van der Waals surface area (Å²) in [7, 11) is 0. The molecule has 0 spiro atoms. The third-order valence-corrected chi connectivity index (χ3v) is 2.60. The minimum Gasteiger partial charge on any atom is -0.481 e. The number of carboxylic acid groups (broad SMARTS) is 1. The van der Waals surface area contributed by atoms with E-state index in [0.29, 0.717) is 25.3 Å². The Morgan fingerprint density at radius 2 is 1.88 bits per heavy atom. The van der Waals surface area contributed by atoms with E-state index in [9.17, 15) is 9.59 Å².